The Kier molecular flexibility index (Phi) is 3.73. The first-order valence-electron chi connectivity index (χ1n) is 6.17. The lowest BCUT2D eigenvalue weighted by Gasteiger charge is -2.35. The summed E-state index contributed by atoms with van der Waals surface area (Å²) in [5.74, 6) is -0.560. The van der Waals surface area contributed by atoms with Crippen LogP contribution in [0.2, 0.25) is 0 Å². The second-order valence-corrected chi connectivity index (χ2v) is 5.12. The summed E-state index contributed by atoms with van der Waals surface area (Å²) in [4.78, 5) is 10.4. The SMILES string of the molecule is Cc1ccc([N+](=O)[O-])cc1NC1COC(C)(C)OC1. The molecule has 0 aromatic heterocycles. The van der Waals surface area contributed by atoms with E-state index < -0.39 is 10.7 Å². The molecule has 19 heavy (non-hydrogen) atoms. The van der Waals surface area contributed by atoms with E-state index in [0.717, 1.165) is 11.3 Å². The number of aryl methyl sites for hydroxylation is 1. The Bertz CT molecular complexity index is 478. The van der Waals surface area contributed by atoms with Crippen LogP contribution in [0.1, 0.15) is 19.4 Å². The molecule has 1 aliphatic heterocycles. The lowest BCUT2D eigenvalue weighted by Crippen LogP contribution is -2.45. The summed E-state index contributed by atoms with van der Waals surface area (Å²) in [5, 5.41) is 14.0. The molecule has 0 atom stereocenters. The number of nitro groups is 1. The summed E-state index contributed by atoms with van der Waals surface area (Å²) >= 11 is 0. The molecule has 0 saturated carbocycles. The number of ether oxygens (including phenoxy) is 2. The van der Waals surface area contributed by atoms with Gasteiger partial charge in [0.15, 0.2) is 5.79 Å². The van der Waals surface area contributed by atoms with Gasteiger partial charge < -0.3 is 14.8 Å². The maximum atomic E-state index is 10.8. The number of non-ortho nitro benzene ring substituents is 1. The first kappa shape index (κ1) is 13.8. The van der Waals surface area contributed by atoms with Gasteiger partial charge in [-0.1, -0.05) is 6.07 Å². The maximum absolute atomic E-state index is 10.8. The van der Waals surface area contributed by atoms with E-state index >= 15 is 0 Å². The highest BCUT2D eigenvalue weighted by Gasteiger charge is 2.28. The average Bonchev–Trinajstić information content (AvgIpc) is 2.34. The van der Waals surface area contributed by atoms with Gasteiger partial charge in [-0.15, -0.1) is 0 Å². The van der Waals surface area contributed by atoms with E-state index in [0.29, 0.717) is 13.2 Å². The van der Waals surface area contributed by atoms with Crippen LogP contribution in [-0.4, -0.2) is 30.0 Å². The Morgan fingerprint density at radius 1 is 1.37 bits per heavy atom. The molecule has 1 saturated heterocycles. The number of nitro benzene ring substituents is 1. The number of rotatable bonds is 3. The van der Waals surface area contributed by atoms with Gasteiger partial charge in [0.25, 0.3) is 5.69 Å². The molecule has 2 rings (SSSR count). The van der Waals surface area contributed by atoms with Gasteiger partial charge in [-0.3, -0.25) is 10.1 Å². The molecule has 0 amide bonds. The quantitative estimate of drug-likeness (QED) is 0.672. The van der Waals surface area contributed by atoms with E-state index in [1.54, 1.807) is 6.07 Å². The van der Waals surface area contributed by atoms with Crippen molar-refractivity contribution in [2.24, 2.45) is 0 Å². The van der Waals surface area contributed by atoms with Gasteiger partial charge in [0.05, 0.1) is 24.2 Å². The molecule has 6 nitrogen and oxygen atoms in total. The Balaban J connectivity index is 2.07. The fraction of sp³-hybridized carbons (Fsp3) is 0.538. The third-order valence-electron chi connectivity index (χ3n) is 3.06. The van der Waals surface area contributed by atoms with Gasteiger partial charge in [-0.2, -0.15) is 0 Å². The van der Waals surface area contributed by atoms with Crippen molar-refractivity contribution in [3.05, 3.63) is 33.9 Å². The molecule has 0 aliphatic carbocycles. The summed E-state index contributed by atoms with van der Waals surface area (Å²) in [6.07, 6.45) is 0. The summed E-state index contributed by atoms with van der Waals surface area (Å²) in [6, 6.07) is 4.76. The molecule has 0 radical (unpaired) electrons. The molecule has 1 N–H and O–H groups in total. The standard InChI is InChI=1S/C13H18N2O4/c1-9-4-5-11(15(16)17)6-12(9)14-10-7-18-13(2,3)19-8-10/h4-6,10,14H,7-8H2,1-3H3. The lowest BCUT2D eigenvalue weighted by molar-refractivity contribution is -0.384. The number of hydrogen-bond acceptors (Lipinski definition) is 5. The van der Waals surface area contributed by atoms with Crippen molar-refractivity contribution in [1.29, 1.82) is 0 Å². The first-order valence-corrected chi connectivity index (χ1v) is 6.17. The fourth-order valence-electron chi connectivity index (χ4n) is 1.87. The zero-order chi connectivity index (χ0) is 14.0. The molecule has 0 spiro atoms. The van der Waals surface area contributed by atoms with E-state index in [-0.39, 0.29) is 11.7 Å². The minimum atomic E-state index is -0.560. The average molecular weight is 266 g/mol. The second-order valence-electron chi connectivity index (χ2n) is 5.12. The normalized spacial score (nSPS) is 19.1. The van der Waals surface area contributed by atoms with Crippen LogP contribution in [0, 0.1) is 17.0 Å². The minimum Gasteiger partial charge on any atom is -0.377 e. The van der Waals surface area contributed by atoms with Crippen LogP contribution < -0.4 is 5.32 Å². The zero-order valence-electron chi connectivity index (χ0n) is 11.3. The van der Waals surface area contributed by atoms with E-state index in [4.69, 9.17) is 9.47 Å². The highest BCUT2D eigenvalue weighted by atomic mass is 16.7. The maximum Gasteiger partial charge on any atom is 0.271 e. The Morgan fingerprint density at radius 2 is 2.00 bits per heavy atom. The molecule has 0 bridgehead atoms. The van der Waals surface area contributed by atoms with Crippen LogP contribution >= 0.6 is 0 Å². The van der Waals surface area contributed by atoms with Crippen LogP contribution in [0.4, 0.5) is 11.4 Å². The Labute approximate surface area is 111 Å². The summed E-state index contributed by atoms with van der Waals surface area (Å²) in [6.45, 7) is 6.65. The third kappa shape index (κ3) is 3.42. The van der Waals surface area contributed by atoms with Gasteiger partial charge in [-0.05, 0) is 26.3 Å². The van der Waals surface area contributed by atoms with Gasteiger partial charge >= 0.3 is 0 Å². The topological polar surface area (TPSA) is 73.6 Å². The molecule has 1 heterocycles. The molecule has 1 aromatic rings. The van der Waals surface area contributed by atoms with Crippen molar-refractivity contribution < 1.29 is 14.4 Å². The smallest absolute Gasteiger partial charge is 0.271 e. The van der Waals surface area contributed by atoms with Crippen molar-refractivity contribution in [2.75, 3.05) is 18.5 Å². The largest absolute Gasteiger partial charge is 0.377 e. The first-order chi connectivity index (χ1) is 8.87. The van der Waals surface area contributed by atoms with Crippen LogP contribution in [0.15, 0.2) is 18.2 Å². The zero-order valence-corrected chi connectivity index (χ0v) is 11.3. The van der Waals surface area contributed by atoms with Crippen molar-refractivity contribution in [3.63, 3.8) is 0 Å². The predicted octanol–water partition coefficient (Wildman–Crippen LogP) is 2.47. The minimum absolute atomic E-state index is 0.00581. The van der Waals surface area contributed by atoms with Crippen molar-refractivity contribution in [3.8, 4) is 0 Å². The predicted molar refractivity (Wildman–Crippen MR) is 71.2 cm³/mol. The highest BCUT2D eigenvalue weighted by Crippen LogP contribution is 2.24. The number of nitrogens with one attached hydrogen (secondary N) is 1. The number of nitrogens with zero attached hydrogens (tertiary/aromatic N) is 1. The molecular weight excluding hydrogens is 248 g/mol. The van der Waals surface area contributed by atoms with Crippen molar-refractivity contribution >= 4 is 11.4 Å². The van der Waals surface area contributed by atoms with Crippen LogP contribution in [0.5, 0.6) is 0 Å². The molecular formula is C13H18N2O4. The molecule has 0 unspecified atom stereocenters. The fourth-order valence-corrected chi connectivity index (χ4v) is 1.87. The van der Waals surface area contributed by atoms with Gasteiger partial charge in [0.1, 0.15) is 0 Å². The van der Waals surface area contributed by atoms with Gasteiger partial charge in [-0.25, -0.2) is 0 Å². The van der Waals surface area contributed by atoms with Crippen LogP contribution in [0.25, 0.3) is 0 Å². The number of hydrogen-bond donors (Lipinski definition) is 1. The number of benzene rings is 1. The molecule has 1 aliphatic rings. The summed E-state index contributed by atoms with van der Waals surface area (Å²) in [7, 11) is 0. The molecule has 104 valence electrons. The van der Waals surface area contributed by atoms with E-state index in [1.807, 2.05) is 20.8 Å². The molecule has 6 heteroatoms. The third-order valence-corrected chi connectivity index (χ3v) is 3.06. The van der Waals surface area contributed by atoms with Gasteiger partial charge in [0, 0.05) is 17.8 Å². The van der Waals surface area contributed by atoms with Gasteiger partial charge in [0.2, 0.25) is 0 Å². The van der Waals surface area contributed by atoms with Crippen LogP contribution in [-0.2, 0) is 9.47 Å². The monoisotopic (exact) mass is 266 g/mol. The Morgan fingerprint density at radius 3 is 2.58 bits per heavy atom. The van der Waals surface area contributed by atoms with E-state index in [2.05, 4.69) is 5.32 Å². The molecule has 1 fully saturated rings. The summed E-state index contributed by atoms with van der Waals surface area (Å²) < 4.78 is 11.1. The highest BCUT2D eigenvalue weighted by molar-refractivity contribution is 5.57. The van der Waals surface area contributed by atoms with E-state index in [9.17, 15) is 10.1 Å². The summed E-state index contributed by atoms with van der Waals surface area (Å²) in [5.41, 5.74) is 1.77. The Hall–Kier alpha value is -1.66. The van der Waals surface area contributed by atoms with E-state index in [1.165, 1.54) is 12.1 Å². The second kappa shape index (κ2) is 5.14. The number of anilines is 1. The van der Waals surface area contributed by atoms with Crippen molar-refractivity contribution in [2.45, 2.75) is 32.6 Å². The molecule has 1 aromatic carbocycles. The van der Waals surface area contributed by atoms with Crippen LogP contribution in [0.3, 0.4) is 0 Å². The lowest BCUT2D eigenvalue weighted by atomic mass is 10.1. The van der Waals surface area contributed by atoms with Crippen molar-refractivity contribution in [1.82, 2.24) is 0 Å².